The van der Waals surface area contributed by atoms with E-state index in [2.05, 4.69) is 24.4 Å². The van der Waals surface area contributed by atoms with Gasteiger partial charge in [0.2, 0.25) is 21.5 Å². The van der Waals surface area contributed by atoms with E-state index in [0.717, 1.165) is 0 Å². The van der Waals surface area contributed by atoms with E-state index in [1.807, 2.05) is 0 Å². The molecule has 0 heterocycles. The number of aliphatic hydroxyl groups is 2. The molecule has 0 fully saturated rings. The van der Waals surface area contributed by atoms with Gasteiger partial charge in [-0.1, -0.05) is 0 Å². The second-order valence-electron chi connectivity index (χ2n) is 4.32. The molecule has 0 unspecified atom stereocenters. The van der Waals surface area contributed by atoms with Crippen molar-refractivity contribution >= 4 is 42.5 Å². The molecule has 0 saturated heterocycles. The van der Waals surface area contributed by atoms with Gasteiger partial charge in [-0.15, -0.1) is 0 Å². The fourth-order valence-corrected chi connectivity index (χ4v) is 2.40. The maximum Gasteiger partial charge on any atom is 0.360 e. The first-order valence-corrected chi connectivity index (χ1v) is 8.72. The minimum atomic E-state index is -2.97. The standard InChI is InChI=1S/C11H21IN6O6/c1-13-5-15-8(20)3-7(19)12-18-11(23,24)17-10(22)4-9(21)16-6-14-2/h13-14,23-24H,3-6H2,1-2H3,(H,15,20)(H,16,21)(H,17,22). The van der Waals surface area contributed by atoms with Crippen LogP contribution in [0, 0.1) is 0 Å². The van der Waals surface area contributed by atoms with E-state index in [4.69, 9.17) is 0 Å². The second-order valence-corrected chi connectivity index (χ2v) is 6.49. The Morgan fingerprint density at radius 3 is 1.92 bits per heavy atom. The van der Waals surface area contributed by atoms with Crippen molar-refractivity contribution in [2.24, 2.45) is 3.15 Å². The SMILES string of the molecule is CNCNC(=O)CC(=O)NC(O)(O)N=IC(=O)CC(=O)NCNC. The van der Waals surface area contributed by atoms with Crippen LogP contribution < -0.4 is 26.6 Å². The number of hydrogen-bond donors (Lipinski definition) is 7. The first-order chi connectivity index (χ1) is 11.2. The van der Waals surface area contributed by atoms with E-state index in [1.165, 1.54) is 0 Å². The van der Waals surface area contributed by atoms with Crippen molar-refractivity contribution in [3.05, 3.63) is 0 Å². The molecule has 12 nitrogen and oxygen atoms in total. The van der Waals surface area contributed by atoms with Crippen molar-refractivity contribution in [3.8, 4) is 0 Å². The summed E-state index contributed by atoms with van der Waals surface area (Å²) in [5.41, 5.74) is 0. The zero-order valence-corrected chi connectivity index (χ0v) is 15.3. The van der Waals surface area contributed by atoms with Crippen LogP contribution in [0.2, 0.25) is 0 Å². The lowest BCUT2D eigenvalue weighted by Gasteiger charge is -2.16. The number of nitrogens with zero attached hydrogens (tertiary/aromatic N) is 1. The van der Waals surface area contributed by atoms with E-state index in [1.54, 1.807) is 19.4 Å². The van der Waals surface area contributed by atoms with Gasteiger partial charge in [0.15, 0.2) is 0 Å². The maximum absolute atomic E-state index is 11.5. The molecule has 13 heteroatoms. The largest absolute Gasteiger partial charge is 0.360 e. The number of carbonyl (C=O) groups is 4. The molecule has 0 aliphatic carbocycles. The second kappa shape index (κ2) is 11.9. The van der Waals surface area contributed by atoms with E-state index in [-0.39, 0.29) is 13.3 Å². The lowest BCUT2D eigenvalue weighted by molar-refractivity contribution is -0.181. The zero-order chi connectivity index (χ0) is 18.6. The third-order valence-corrected chi connectivity index (χ3v) is 3.94. The average molecular weight is 460 g/mol. The predicted molar refractivity (Wildman–Crippen MR) is 90.1 cm³/mol. The van der Waals surface area contributed by atoms with Gasteiger partial charge in [-0.05, 0) is 14.1 Å². The summed E-state index contributed by atoms with van der Waals surface area (Å²) >= 11 is -1.76. The summed E-state index contributed by atoms with van der Waals surface area (Å²) < 4.78 is 2.73. The van der Waals surface area contributed by atoms with Crippen LogP contribution in [-0.2, 0) is 19.2 Å². The Labute approximate surface area is 148 Å². The van der Waals surface area contributed by atoms with Gasteiger partial charge in [0.25, 0.3) is 0 Å². The van der Waals surface area contributed by atoms with E-state index < -0.39 is 61.4 Å². The average Bonchev–Trinajstić information content (AvgIpc) is 2.48. The van der Waals surface area contributed by atoms with E-state index in [0.29, 0.717) is 0 Å². The van der Waals surface area contributed by atoms with Gasteiger partial charge in [0.05, 0.1) is 40.8 Å². The van der Waals surface area contributed by atoms with E-state index in [9.17, 15) is 29.4 Å². The third-order valence-electron chi connectivity index (χ3n) is 2.11. The molecule has 138 valence electrons. The fourth-order valence-electron chi connectivity index (χ4n) is 1.16. The molecule has 0 saturated carbocycles. The van der Waals surface area contributed by atoms with Crippen molar-refractivity contribution in [2.75, 3.05) is 27.4 Å². The summed E-state index contributed by atoms with van der Waals surface area (Å²) in [5, 5.41) is 30.7. The van der Waals surface area contributed by atoms with Crippen LogP contribution >= 0.6 is 21.0 Å². The highest BCUT2D eigenvalue weighted by Gasteiger charge is 2.26. The molecular weight excluding hydrogens is 439 g/mol. The summed E-state index contributed by atoms with van der Waals surface area (Å²) in [4.78, 5) is 45.5. The van der Waals surface area contributed by atoms with Crippen molar-refractivity contribution in [2.45, 2.75) is 18.9 Å². The summed E-state index contributed by atoms with van der Waals surface area (Å²) in [6, 6.07) is -2.97. The fraction of sp³-hybridized carbons (Fsp3) is 0.636. The molecule has 0 rings (SSSR count). The molecule has 7 N–H and O–H groups in total. The van der Waals surface area contributed by atoms with Gasteiger partial charge in [-0.3, -0.25) is 24.5 Å². The van der Waals surface area contributed by atoms with Gasteiger partial charge in [0.1, 0.15) is 6.42 Å². The Balaban J connectivity index is 4.35. The minimum Gasteiger partial charge on any atom is -0.343 e. The molecule has 0 aromatic heterocycles. The Morgan fingerprint density at radius 2 is 1.42 bits per heavy atom. The number of hydrogen-bond acceptors (Lipinski definition) is 9. The molecular formula is C11H21IN6O6. The van der Waals surface area contributed by atoms with Gasteiger partial charge in [-0.2, -0.15) is 3.15 Å². The summed E-state index contributed by atoms with van der Waals surface area (Å²) in [5.74, 6) is -2.15. The number of rotatable bonds is 11. The molecule has 0 aliphatic heterocycles. The van der Waals surface area contributed by atoms with Crippen LogP contribution in [0.15, 0.2) is 3.15 Å². The lowest BCUT2D eigenvalue weighted by Crippen LogP contribution is -2.48. The molecule has 0 bridgehead atoms. The first kappa shape index (κ1) is 22.4. The number of halogens is 1. The van der Waals surface area contributed by atoms with Gasteiger partial charge >= 0.3 is 6.03 Å². The highest BCUT2D eigenvalue weighted by molar-refractivity contribution is 14.2. The Morgan fingerprint density at radius 1 is 0.917 bits per heavy atom. The van der Waals surface area contributed by atoms with Crippen LogP contribution in [0.4, 0.5) is 0 Å². The van der Waals surface area contributed by atoms with E-state index >= 15 is 0 Å². The molecule has 0 spiro atoms. The molecule has 0 atom stereocenters. The zero-order valence-electron chi connectivity index (χ0n) is 13.2. The topological polar surface area (TPSA) is 181 Å². The smallest absolute Gasteiger partial charge is 0.343 e. The van der Waals surface area contributed by atoms with Crippen molar-refractivity contribution in [3.63, 3.8) is 0 Å². The van der Waals surface area contributed by atoms with Crippen molar-refractivity contribution in [1.29, 1.82) is 0 Å². The van der Waals surface area contributed by atoms with Crippen LogP contribution in [0.25, 0.3) is 0 Å². The normalized spacial score (nSPS) is 11.5. The minimum absolute atomic E-state index is 0.148. The quantitative estimate of drug-likeness (QED) is 0.0726. The highest BCUT2D eigenvalue weighted by Crippen LogP contribution is 2.12. The predicted octanol–water partition coefficient (Wildman–Crippen LogP) is -3.25. The summed E-state index contributed by atoms with van der Waals surface area (Å²) in [7, 11) is 3.20. The number of carbonyl (C=O) groups excluding carboxylic acids is 4. The summed E-state index contributed by atoms with van der Waals surface area (Å²) in [6.07, 6.45) is -1.09. The van der Waals surface area contributed by atoms with Crippen LogP contribution in [0.3, 0.4) is 0 Å². The molecule has 3 amide bonds. The van der Waals surface area contributed by atoms with Crippen molar-refractivity contribution in [1.82, 2.24) is 26.6 Å². The molecule has 24 heavy (non-hydrogen) atoms. The number of nitrogens with one attached hydrogen (secondary N) is 5. The van der Waals surface area contributed by atoms with Gasteiger partial charge in [0, 0.05) is 0 Å². The summed E-state index contributed by atoms with van der Waals surface area (Å²) in [6.45, 7) is 0.340. The van der Waals surface area contributed by atoms with Crippen LogP contribution in [-0.4, -0.2) is 65.2 Å². The van der Waals surface area contributed by atoms with Crippen LogP contribution in [0.1, 0.15) is 12.8 Å². The Bertz CT molecular complexity index is 497. The highest BCUT2D eigenvalue weighted by atomic mass is 127. The molecule has 0 aliphatic rings. The molecule has 0 aromatic rings. The van der Waals surface area contributed by atoms with Gasteiger partial charge in [-0.25, -0.2) is 0 Å². The Hall–Kier alpha value is -1.55. The maximum atomic E-state index is 11.5. The van der Waals surface area contributed by atoms with Crippen LogP contribution in [0.5, 0.6) is 0 Å². The number of amides is 3. The Kier molecular flexibility index (Phi) is 11.1. The van der Waals surface area contributed by atoms with Gasteiger partial charge < -0.3 is 31.5 Å². The molecule has 0 radical (unpaired) electrons. The lowest BCUT2D eigenvalue weighted by atomic mass is 10.4. The van der Waals surface area contributed by atoms with Crippen molar-refractivity contribution < 1.29 is 29.4 Å². The molecule has 0 aromatic carbocycles. The first-order valence-electron chi connectivity index (χ1n) is 6.67. The third kappa shape index (κ3) is 11.9. The monoisotopic (exact) mass is 460 g/mol.